The van der Waals surface area contributed by atoms with E-state index in [1.165, 1.54) is 17.4 Å². The van der Waals surface area contributed by atoms with Gasteiger partial charge in [0, 0.05) is 43.2 Å². The van der Waals surface area contributed by atoms with Crippen molar-refractivity contribution >= 4 is 22.2 Å². The lowest BCUT2D eigenvalue weighted by molar-refractivity contribution is -0.117. The van der Waals surface area contributed by atoms with Gasteiger partial charge >= 0.3 is 0 Å². The first-order valence-electron chi connectivity index (χ1n) is 10.7. The summed E-state index contributed by atoms with van der Waals surface area (Å²) in [6.07, 6.45) is 5.42. The van der Waals surface area contributed by atoms with Crippen LogP contribution in [0.15, 0.2) is 24.3 Å². The van der Waals surface area contributed by atoms with Crippen LogP contribution in [-0.4, -0.2) is 48.4 Å². The highest BCUT2D eigenvalue weighted by atomic mass is 32.1. The number of nitrogens with zero attached hydrogens (tertiary/aromatic N) is 3. The molecular formula is C23H27FN4OS. The maximum absolute atomic E-state index is 13.9. The molecule has 158 valence electrons. The summed E-state index contributed by atoms with van der Waals surface area (Å²) in [4.78, 5) is 18.2. The number of fused-ring (bicyclic) bond motifs is 1. The van der Waals surface area contributed by atoms with Crippen LogP contribution in [0.1, 0.15) is 40.8 Å². The Bertz CT molecular complexity index is 943. The number of anilines is 1. The number of amides is 1. The number of nitriles is 1. The van der Waals surface area contributed by atoms with E-state index in [1.54, 1.807) is 17.4 Å². The Morgan fingerprint density at radius 3 is 2.60 bits per heavy atom. The second-order valence-electron chi connectivity index (χ2n) is 8.07. The molecule has 1 saturated heterocycles. The monoisotopic (exact) mass is 426 g/mol. The van der Waals surface area contributed by atoms with Crippen molar-refractivity contribution in [2.75, 3.05) is 38.0 Å². The zero-order valence-corrected chi connectivity index (χ0v) is 17.9. The van der Waals surface area contributed by atoms with Crippen LogP contribution in [0.25, 0.3) is 0 Å². The molecule has 0 spiro atoms. The van der Waals surface area contributed by atoms with Gasteiger partial charge in [-0.15, -0.1) is 11.3 Å². The van der Waals surface area contributed by atoms with Crippen molar-refractivity contribution in [3.63, 3.8) is 0 Å². The number of carbonyl (C=O) groups is 1. The summed E-state index contributed by atoms with van der Waals surface area (Å²) in [5.74, 6) is -0.229. The normalized spacial score (nSPS) is 17.7. The minimum Gasteiger partial charge on any atom is -0.315 e. The van der Waals surface area contributed by atoms with E-state index >= 15 is 0 Å². The van der Waals surface area contributed by atoms with Gasteiger partial charge < -0.3 is 5.32 Å². The lowest BCUT2D eigenvalue weighted by Crippen LogP contribution is -2.48. The molecule has 1 fully saturated rings. The third-order valence-electron chi connectivity index (χ3n) is 5.97. The average Bonchev–Trinajstić information content (AvgIpc) is 2.90. The molecule has 1 aliphatic heterocycles. The van der Waals surface area contributed by atoms with Crippen molar-refractivity contribution in [3.05, 3.63) is 51.7 Å². The molecule has 1 amide bonds. The molecule has 2 heterocycles. The highest BCUT2D eigenvalue weighted by molar-refractivity contribution is 7.16. The van der Waals surface area contributed by atoms with Crippen LogP contribution < -0.4 is 5.32 Å². The number of hydrogen-bond acceptors (Lipinski definition) is 5. The minimum atomic E-state index is -0.165. The number of benzene rings is 1. The predicted molar refractivity (Wildman–Crippen MR) is 117 cm³/mol. The van der Waals surface area contributed by atoms with E-state index < -0.39 is 0 Å². The molecule has 1 aliphatic carbocycles. The van der Waals surface area contributed by atoms with Crippen molar-refractivity contribution in [1.29, 1.82) is 5.26 Å². The highest BCUT2D eigenvalue weighted by Crippen LogP contribution is 2.36. The number of piperazine rings is 1. The molecule has 0 saturated carbocycles. The van der Waals surface area contributed by atoms with Crippen molar-refractivity contribution in [2.24, 2.45) is 0 Å². The Hall–Kier alpha value is -2.27. The fourth-order valence-corrected chi connectivity index (χ4v) is 5.55. The zero-order valence-electron chi connectivity index (χ0n) is 17.1. The van der Waals surface area contributed by atoms with Gasteiger partial charge in [-0.2, -0.15) is 5.26 Å². The fraction of sp³-hybridized carbons (Fsp3) is 0.478. The number of rotatable bonds is 5. The lowest BCUT2D eigenvalue weighted by Gasteiger charge is -2.34. The SMILES string of the molecule is N#Cc1c(NC(=O)CN2CCN(Cc3ccccc3F)CC2)sc2c1CCCCC2. The van der Waals surface area contributed by atoms with Crippen molar-refractivity contribution < 1.29 is 9.18 Å². The van der Waals surface area contributed by atoms with Gasteiger partial charge in [-0.25, -0.2) is 4.39 Å². The van der Waals surface area contributed by atoms with E-state index in [9.17, 15) is 14.4 Å². The van der Waals surface area contributed by atoms with Crippen LogP contribution >= 0.6 is 11.3 Å². The molecule has 7 heteroatoms. The first-order chi connectivity index (χ1) is 14.6. The third-order valence-corrected chi connectivity index (χ3v) is 7.18. The standard InChI is InChI=1S/C23H27FN4OS/c24-20-8-5-4-6-17(20)15-27-10-12-28(13-11-27)16-22(29)26-23-19(14-25)18-7-2-1-3-9-21(18)30-23/h4-6,8H,1-3,7,9-13,15-16H2,(H,26,29). The first-order valence-corrected chi connectivity index (χ1v) is 11.5. The van der Waals surface area contributed by atoms with Crippen LogP contribution in [-0.2, 0) is 24.2 Å². The Kier molecular flexibility index (Phi) is 6.78. The molecule has 30 heavy (non-hydrogen) atoms. The Labute approximate surface area is 181 Å². The van der Waals surface area contributed by atoms with Gasteiger partial charge in [0.05, 0.1) is 12.1 Å². The number of hydrogen-bond donors (Lipinski definition) is 1. The summed E-state index contributed by atoms with van der Waals surface area (Å²) in [7, 11) is 0. The van der Waals surface area contributed by atoms with E-state index in [1.807, 2.05) is 12.1 Å². The molecule has 1 N–H and O–H groups in total. The number of halogens is 1. The van der Waals surface area contributed by atoms with E-state index in [-0.39, 0.29) is 11.7 Å². The zero-order chi connectivity index (χ0) is 20.9. The Balaban J connectivity index is 1.30. The van der Waals surface area contributed by atoms with Gasteiger partial charge in [-0.1, -0.05) is 24.6 Å². The summed E-state index contributed by atoms with van der Waals surface area (Å²) in [5.41, 5.74) is 2.53. The van der Waals surface area contributed by atoms with Crippen LogP contribution in [0.5, 0.6) is 0 Å². The summed E-state index contributed by atoms with van der Waals surface area (Å²) >= 11 is 1.58. The molecule has 0 unspecified atom stereocenters. The van der Waals surface area contributed by atoms with Crippen LogP contribution in [0.4, 0.5) is 9.39 Å². The summed E-state index contributed by atoms with van der Waals surface area (Å²) in [5, 5.41) is 13.3. The smallest absolute Gasteiger partial charge is 0.239 e. The fourth-order valence-electron chi connectivity index (χ4n) is 4.29. The van der Waals surface area contributed by atoms with Crippen LogP contribution in [0.2, 0.25) is 0 Å². The van der Waals surface area contributed by atoms with Gasteiger partial charge in [-0.05, 0) is 37.3 Å². The molecule has 1 aromatic heterocycles. The lowest BCUT2D eigenvalue weighted by atomic mass is 10.1. The molecule has 0 atom stereocenters. The second kappa shape index (κ2) is 9.69. The van der Waals surface area contributed by atoms with E-state index in [2.05, 4.69) is 21.2 Å². The average molecular weight is 427 g/mol. The molecule has 2 aromatic rings. The minimum absolute atomic E-state index is 0.0644. The molecule has 2 aliphatic rings. The van der Waals surface area contributed by atoms with E-state index in [4.69, 9.17) is 0 Å². The van der Waals surface area contributed by atoms with Crippen LogP contribution in [0, 0.1) is 17.1 Å². The summed E-state index contributed by atoms with van der Waals surface area (Å²) in [6, 6.07) is 9.21. The maximum Gasteiger partial charge on any atom is 0.239 e. The van der Waals surface area contributed by atoms with Gasteiger partial charge in [-0.3, -0.25) is 14.6 Å². The first kappa shape index (κ1) is 21.0. The molecule has 5 nitrogen and oxygen atoms in total. The maximum atomic E-state index is 13.9. The molecule has 4 rings (SSSR count). The number of thiophene rings is 1. The number of aryl methyl sites for hydroxylation is 1. The van der Waals surface area contributed by atoms with Crippen LogP contribution in [0.3, 0.4) is 0 Å². The van der Waals surface area contributed by atoms with E-state index in [0.29, 0.717) is 29.2 Å². The third kappa shape index (κ3) is 4.89. The molecule has 0 bridgehead atoms. The topological polar surface area (TPSA) is 59.4 Å². The van der Waals surface area contributed by atoms with Crippen molar-refractivity contribution in [2.45, 2.75) is 38.6 Å². The van der Waals surface area contributed by atoms with Gasteiger partial charge in [0.1, 0.15) is 16.9 Å². The van der Waals surface area contributed by atoms with Gasteiger partial charge in [0.25, 0.3) is 0 Å². The molecule has 1 aromatic carbocycles. The van der Waals surface area contributed by atoms with Crippen molar-refractivity contribution in [3.8, 4) is 6.07 Å². The number of nitrogens with one attached hydrogen (secondary N) is 1. The second-order valence-corrected chi connectivity index (χ2v) is 9.18. The highest BCUT2D eigenvalue weighted by Gasteiger charge is 2.23. The number of carbonyl (C=O) groups excluding carboxylic acids is 1. The van der Waals surface area contributed by atoms with E-state index in [0.717, 1.165) is 57.4 Å². The summed E-state index contributed by atoms with van der Waals surface area (Å²) in [6.45, 7) is 4.07. The Morgan fingerprint density at radius 1 is 1.10 bits per heavy atom. The largest absolute Gasteiger partial charge is 0.315 e. The van der Waals surface area contributed by atoms with Gasteiger partial charge in [0.15, 0.2) is 0 Å². The molecule has 0 radical (unpaired) electrons. The van der Waals surface area contributed by atoms with Crippen molar-refractivity contribution in [1.82, 2.24) is 9.80 Å². The predicted octanol–water partition coefficient (Wildman–Crippen LogP) is 3.78. The summed E-state index contributed by atoms with van der Waals surface area (Å²) < 4.78 is 13.9. The molecular weight excluding hydrogens is 399 g/mol. The Morgan fingerprint density at radius 2 is 1.83 bits per heavy atom. The quantitative estimate of drug-likeness (QED) is 0.739. The van der Waals surface area contributed by atoms with Gasteiger partial charge in [0.2, 0.25) is 5.91 Å².